The Morgan fingerprint density at radius 3 is 2.35 bits per heavy atom. The maximum Gasteiger partial charge on any atom is 0.224 e. The van der Waals surface area contributed by atoms with Crippen molar-refractivity contribution in [3.63, 3.8) is 0 Å². The highest BCUT2D eigenvalue weighted by atomic mass is 16.5. The number of amides is 1. The molecule has 0 bridgehead atoms. The molecule has 2 heterocycles. The van der Waals surface area contributed by atoms with E-state index in [1.807, 2.05) is 4.90 Å². The van der Waals surface area contributed by atoms with Crippen LogP contribution in [0.25, 0.3) is 0 Å². The molecule has 0 aromatic heterocycles. The van der Waals surface area contributed by atoms with Gasteiger partial charge in [0.1, 0.15) is 0 Å². The quantitative estimate of drug-likeness (QED) is 0.830. The Hall–Kier alpha value is -0.650. The molecule has 2 aliphatic heterocycles. The molecule has 1 unspecified atom stereocenters. The van der Waals surface area contributed by atoms with Crippen LogP contribution in [0.5, 0.6) is 0 Å². The van der Waals surface area contributed by atoms with Crippen molar-refractivity contribution in [3.8, 4) is 0 Å². The number of ether oxygens (including phenoxy) is 1. The van der Waals surface area contributed by atoms with E-state index in [1.54, 1.807) is 0 Å². The van der Waals surface area contributed by atoms with Gasteiger partial charge in [-0.05, 0) is 33.1 Å². The van der Waals surface area contributed by atoms with E-state index in [1.165, 1.54) is 6.42 Å². The highest BCUT2D eigenvalue weighted by Gasteiger charge is 2.29. The van der Waals surface area contributed by atoms with Crippen LogP contribution in [0.3, 0.4) is 0 Å². The SMILES string of the molecule is C[C@@H]1CN(C(CN)CC(=O)N2CCCCC2)C[C@H](C)O1. The number of carbonyl (C=O) groups is 1. The second kappa shape index (κ2) is 7.38. The lowest BCUT2D eigenvalue weighted by Gasteiger charge is -2.40. The largest absolute Gasteiger partial charge is 0.373 e. The number of hydrogen-bond donors (Lipinski definition) is 1. The Kier molecular flexibility index (Phi) is 5.81. The number of rotatable bonds is 4. The fourth-order valence-electron chi connectivity index (χ4n) is 3.35. The van der Waals surface area contributed by atoms with Crippen LogP contribution in [-0.2, 0) is 9.53 Å². The Labute approximate surface area is 122 Å². The number of nitrogens with zero attached hydrogens (tertiary/aromatic N) is 2. The first-order valence-electron chi connectivity index (χ1n) is 7.97. The summed E-state index contributed by atoms with van der Waals surface area (Å²) in [5, 5.41) is 0. The number of carbonyl (C=O) groups excluding carboxylic acids is 1. The van der Waals surface area contributed by atoms with Crippen molar-refractivity contribution < 1.29 is 9.53 Å². The molecule has 0 saturated carbocycles. The molecule has 3 atom stereocenters. The Morgan fingerprint density at radius 1 is 1.20 bits per heavy atom. The van der Waals surface area contributed by atoms with E-state index in [2.05, 4.69) is 18.7 Å². The average Bonchev–Trinajstić information content (AvgIpc) is 2.44. The summed E-state index contributed by atoms with van der Waals surface area (Å²) >= 11 is 0. The molecule has 2 rings (SSSR count). The zero-order valence-corrected chi connectivity index (χ0v) is 12.9. The Morgan fingerprint density at radius 2 is 1.80 bits per heavy atom. The number of piperidine rings is 1. The van der Waals surface area contributed by atoms with Crippen molar-refractivity contribution in [2.24, 2.45) is 5.73 Å². The fraction of sp³-hybridized carbons (Fsp3) is 0.933. The third kappa shape index (κ3) is 4.17. The van der Waals surface area contributed by atoms with Gasteiger partial charge in [-0.3, -0.25) is 9.69 Å². The zero-order valence-electron chi connectivity index (χ0n) is 12.9. The molecule has 0 spiro atoms. The van der Waals surface area contributed by atoms with Gasteiger partial charge < -0.3 is 15.4 Å². The van der Waals surface area contributed by atoms with Gasteiger partial charge in [0.15, 0.2) is 0 Å². The standard InChI is InChI=1S/C15H29N3O2/c1-12-10-18(11-13(2)20-12)14(9-16)8-15(19)17-6-4-3-5-7-17/h12-14H,3-11,16H2,1-2H3/t12-,13+,14?. The highest BCUT2D eigenvalue weighted by Crippen LogP contribution is 2.17. The van der Waals surface area contributed by atoms with Crippen molar-refractivity contribution in [1.29, 1.82) is 0 Å². The van der Waals surface area contributed by atoms with E-state index in [0.717, 1.165) is 39.0 Å². The molecular formula is C15H29N3O2. The van der Waals surface area contributed by atoms with E-state index in [4.69, 9.17) is 10.5 Å². The molecule has 2 saturated heterocycles. The van der Waals surface area contributed by atoms with Crippen LogP contribution < -0.4 is 5.73 Å². The van der Waals surface area contributed by atoms with Crippen LogP contribution in [0.1, 0.15) is 39.5 Å². The molecule has 0 radical (unpaired) electrons. The summed E-state index contributed by atoms with van der Waals surface area (Å²) in [6, 6.07) is 0.151. The highest BCUT2D eigenvalue weighted by molar-refractivity contribution is 5.77. The van der Waals surface area contributed by atoms with Gasteiger partial charge in [0.2, 0.25) is 5.91 Å². The van der Waals surface area contributed by atoms with E-state index in [-0.39, 0.29) is 24.2 Å². The van der Waals surface area contributed by atoms with E-state index in [0.29, 0.717) is 13.0 Å². The van der Waals surface area contributed by atoms with Crippen LogP contribution in [0, 0.1) is 0 Å². The first kappa shape index (κ1) is 15.7. The van der Waals surface area contributed by atoms with E-state index in [9.17, 15) is 4.79 Å². The monoisotopic (exact) mass is 283 g/mol. The Bertz CT molecular complexity index is 308. The van der Waals surface area contributed by atoms with Crippen molar-refractivity contribution in [2.45, 2.75) is 57.8 Å². The van der Waals surface area contributed by atoms with Crippen molar-refractivity contribution in [3.05, 3.63) is 0 Å². The zero-order chi connectivity index (χ0) is 14.5. The molecule has 5 heteroatoms. The maximum atomic E-state index is 12.4. The summed E-state index contributed by atoms with van der Waals surface area (Å²) in [7, 11) is 0. The van der Waals surface area contributed by atoms with Gasteiger partial charge in [-0.2, -0.15) is 0 Å². The summed E-state index contributed by atoms with van der Waals surface area (Å²) < 4.78 is 5.75. The van der Waals surface area contributed by atoms with Crippen LogP contribution in [-0.4, -0.2) is 66.7 Å². The molecule has 5 nitrogen and oxygen atoms in total. The summed E-state index contributed by atoms with van der Waals surface area (Å²) in [6.45, 7) is 8.31. The van der Waals surface area contributed by atoms with Gasteiger partial charge in [-0.1, -0.05) is 0 Å². The lowest BCUT2D eigenvalue weighted by molar-refractivity contribution is -0.135. The molecule has 1 amide bonds. The second-order valence-corrected chi connectivity index (χ2v) is 6.25. The number of hydrogen-bond acceptors (Lipinski definition) is 4. The minimum absolute atomic E-state index is 0.151. The van der Waals surface area contributed by atoms with Crippen LogP contribution in [0.2, 0.25) is 0 Å². The van der Waals surface area contributed by atoms with Gasteiger partial charge >= 0.3 is 0 Å². The van der Waals surface area contributed by atoms with Gasteiger partial charge in [-0.15, -0.1) is 0 Å². The van der Waals surface area contributed by atoms with E-state index >= 15 is 0 Å². The molecule has 116 valence electrons. The Balaban J connectivity index is 1.88. The normalized spacial score (nSPS) is 30.2. The van der Waals surface area contributed by atoms with Gasteiger partial charge in [0.05, 0.1) is 12.2 Å². The molecule has 2 fully saturated rings. The summed E-state index contributed by atoms with van der Waals surface area (Å²) in [5.41, 5.74) is 5.92. The van der Waals surface area contributed by atoms with Crippen molar-refractivity contribution in [2.75, 3.05) is 32.7 Å². The van der Waals surface area contributed by atoms with Crippen molar-refractivity contribution in [1.82, 2.24) is 9.80 Å². The first-order valence-corrected chi connectivity index (χ1v) is 7.97. The second-order valence-electron chi connectivity index (χ2n) is 6.25. The van der Waals surface area contributed by atoms with Crippen LogP contribution in [0.4, 0.5) is 0 Å². The third-order valence-corrected chi connectivity index (χ3v) is 4.36. The maximum absolute atomic E-state index is 12.4. The molecule has 20 heavy (non-hydrogen) atoms. The molecular weight excluding hydrogens is 254 g/mol. The topological polar surface area (TPSA) is 58.8 Å². The average molecular weight is 283 g/mol. The molecule has 2 N–H and O–H groups in total. The van der Waals surface area contributed by atoms with E-state index < -0.39 is 0 Å². The molecule has 0 aliphatic carbocycles. The molecule has 2 aliphatic rings. The van der Waals surface area contributed by atoms with Crippen molar-refractivity contribution >= 4 is 5.91 Å². The first-order chi connectivity index (χ1) is 9.60. The van der Waals surface area contributed by atoms with Crippen LogP contribution >= 0.6 is 0 Å². The lowest BCUT2D eigenvalue weighted by Crippen LogP contribution is -2.53. The summed E-state index contributed by atoms with van der Waals surface area (Å²) in [4.78, 5) is 16.7. The summed E-state index contributed by atoms with van der Waals surface area (Å²) in [6.07, 6.45) is 4.53. The third-order valence-electron chi connectivity index (χ3n) is 4.36. The fourth-order valence-corrected chi connectivity index (χ4v) is 3.35. The molecule has 0 aromatic rings. The minimum atomic E-state index is 0.151. The van der Waals surface area contributed by atoms with Gasteiger partial charge in [-0.25, -0.2) is 0 Å². The lowest BCUT2D eigenvalue weighted by atomic mass is 10.1. The minimum Gasteiger partial charge on any atom is -0.373 e. The van der Waals surface area contributed by atoms with Gasteiger partial charge in [0, 0.05) is 45.2 Å². The van der Waals surface area contributed by atoms with Gasteiger partial charge in [0.25, 0.3) is 0 Å². The number of morpholine rings is 1. The van der Waals surface area contributed by atoms with Crippen LogP contribution in [0.15, 0.2) is 0 Å². The molecule has 0 aromatic carbocycles. The predicted molar refractivity (Wildman–Crippen MR) is 79.5 cm³/mol. The number of nitrogens with two attached hydrogens (primary N) is 1. The summed E-state index contributed by atoms with van der Waals surface area (Å²) in [5.74, 6) is 0.270. The predicted octanol–water partition coefficient (Wildman–Crippen LogP) is 0.826. The smallest absolute Gasteiger partial charge is 0.224 e. The number of likely N-dealkylation sites (tertiary alicyclic amines) is 1.